The fraction of sp³-hybridized carbons (Fsp3) is 0.263. The Morgan fingerprint density at radius 2 is 1.83 bits per heavy atom. The molecule has 2 aromatic carbocycles. The van der Waals surface area contributed by atoms with E-state index >= 15 is 0 Å². The summed E-state index contributed by atoms with van der Waals surface area (Å²) in [5.74, 6) is 0.202. The van der Waals surface area contributed by atoms with Crippen LogP contribution in [0.4, 0.5) is 5.69 Å². The summed E-state index contributed by atoms with van der Waals surface area (Å²) in [6.45, 7) is 4.32. The van der Waals surface area contributed by atoms with Crippen LogP contribution >= 0.6 is 0 Å². The van der Waals surface area contributed by atoms with Gasteiger partial charge in [0, 0.05) is 17.7 Å². The summed E-state index contributed by atoms with van der Waals surface area (Å²) >= 11 is 0. The third-order valence-corrected chi connectivity index (χ3v) is 3.70. The van der Waals surface area contributed by atoms with Gasteiger partial charge in [0.05, 0.1) is 6.61 Å². The van der Waals surface area contributed by atoms with Crippen LogP contribution in [0, 0.1) is 13.8 Å². The molecule has 3 N–H and O–H groups in total. The second-order valence-electron chi connectivity index (χ2n) is 5.66. The van der Waals surface area contributed by atoms with Crippen molar-refractivity contribution in [2.24, 2.45) is 5.73 Å². The number of nitrogens with one attached hydrogen (secondary N) is 1. The van der Waals surface area contributed by atoms with Crippen molar-refractivity contribution in [1.82, 2.24) is 0 Å². The zero-order valence-electron chi connectivity index (χ0n) is 14.0. The Hall–Kier alpha value is -2.82. The first-order valence-corrected chi connectivity index (χ1v) is 7.86. The fourth-order valence-electron chi connectivity index (χ4n) is 2.26. The summed E-state index contributed by atoms with van der Waals surface area (Å²) < 4.78 is 5.67. The minimum Gasteiger partial charge on any atom is -0.493 e. The van der Waals surface area contributed by atoms with Crippen LogP contribution < -0.4 is 15.8 Å². The highest BCUT2D eigenvalue weighted by atomic mass is 16.5. The molecule has 2 amide bonds. The number of rotatable bonds is 7. The van der Waals surface area contributed by atoms with E-state index in [-0.39, 0.29) is 5.91 Å². The highest BCUT2D eigenvalue weighted by Gasteiger charge is 2.08. The quantitative estimate of drug-likeness (QED) is 0.767. The second kappa shape index (κ2) is 8.15. The molecule has 0 saturated carbocycles. The molecule has 2 rings (SSSR count). The molecule has 126 valence electrons. The van der Waals surface area contributed by atoms with Crippen LogP contribution in [0.5, 0.6) is 5.75 Å². The van der Waals surface area contributed by atoms with Crippen LogP contribution in [0.3, 0.4) is 0 Å². The van der Waals surface area contributed by atoms with E-state index in [0.717, 1.165) is 16.9 Å². The first-order chi connectivity index (χ1) is 11.5. The van der Waals surface area contributed by atoms with Gasteiger partial charge < -0.3 is 15.8 Å². The first-order valence-electron chi connectivity index (χ1n) is 7.86. The van der Waals surface area contributed by atoms with E-state index in [1.807, 2.05) is 38.1 Å². The summed E-state index contributed by atoms with van der Waals surface area (Å²) in [6.07, 6.45) is 0.945. The van der Waals surface area contributed by atoms with Crippen LogP contribution in [-0.4, -0.2) is 18.4 Å². The SMILES string of the molecule is Cc1ccc(C(N)=O)cc1NC(=O)CCCOc1ccccc1C. The Morgan fingerprint density at radius 1 is 1.08 bits per heavy atom. The van der Waals surface area contributed by atoms with Crippen molar-refractivity contribution in [2.75, 3.05) is 11.9 Å². The monoisotopic (exact) mass is 326 g/mol. The Balaban J connectivity index is 1.82. The van der Waals surface area contributed by atoms with Gasteiger partial charge in [-0.2, -0.15) is 0 Å². The molecule has 0 unspecified atom stereocenters. The van der Waals surface area contributed by atoms with Crippen molar-refractivity contribution < 1.29 is 14.3 Å². The number of hydrogen-bond acceptors (Lipinski definition) is 3. The highest BCUT2D eigenvalue weighted by Crippen LogP contribution is 2.18. The van der Waals surface area contributed by atoms with Gasteiger partial charge in [-0.1, -0.05) is 24.3 Å². The van der Waals surface area contributed by atoms with Crippen LogP contribution in [-0.2, 0) is 4.79 Å². The molecule has 0 heterocycles. The number of carbonyl (C=O) groups excluding carboxylic acids is 2. The molecule has 0 radical (unpaired) electrons. The number of primary amides is 1. The molecule has 24 heavy (non-hydrogen) atoms. The molecule has 0 aliphatic heterocycles. The normalized spacial score (nSPS) is 10.2. The van der Waals surface area contributed by atoms with Gasteiger partial charge in [0.25, 0.3) is 0 Å². The van der Waals surface area contributed by atoms with Gasteiger partial charge in [0.15, 0.2) is 0 Å². The van der Waals surface area contributed by atoms with Crippen molar-refractivity contribution >= 4 is 17.5 Å². The number of anilines is 1. The lowest BCUT2D eigenvalue weighted by Gasteiger charge is -2.11. The topological polar surface area (TPSA) is 81.4 Å². The number of benzene rings is 2. The molecule has 0 aliphatic carbocycles. The third kappa shape index (κ3) is 4.84. The number of aryl methyl sites for hydroxylation is 2. The standard InChI is InChI=1S/C19H22N2O3/c1-13-9-10-15(19(20)23)12-16(13)21-18(22)8-5-11-24-17-7-4-3-6-14(17)2/h3-4,6-7,9-10,12H,5,8,11H2,1-2H3,(H2,20,23)(H,21,22). The second-order valence-corrected chi connectivity index (χ2v) is 5.66. The number of carbonyl (C=O) groups is 2. The van der Waals surface area contributed by atoms with E-state index in [1.165, 1.54) is 0 Å². The van der Waals surface area contributed by atoms with Crippen molar-refractivity contribution in [3.8, 4) is 5.75 Å². The van der Waals surface area contributed by atoms with Crippen molar-refractivity contribution in [2.45, 2.75) is 26.7 Å². The van der Waals surface area contributed by atoms with Crippen molar-refractivity contribution in [1.29, 1.82) is 0 Å². The van der Waals surface area contributed by atoms with Crippen molar-refractivity contribution in [3.05, 3.63) is 59.2 Å². The third-order valence-electron chi connectivity index (χ3n) is 3.70. The van der Waals surface area contributed by atoms with Gasteiger partial charge in [-0.05, 0) is 49.6 Å². The smallest absolute Gasteiger partial charge is 0.248 e. The Bertz CT molecular complexity index is 741. The number of nitrogens with two attached hydrogens (primary N) is 1. The Morgan fingerprint density at radius 3 is 2.54 bits per heavy atom. The number of amides is 2. The summed E-state index contributed by atoms with van der Waals surface area (Å²) in [4.78, 5) is 23.3. The predicted molar refractivity (Wildman–Crippen MR) is 94.2 cm³/mol. The lowest BCUT2D eigenvalue weighted by atomic mass is 10.1. The maximum atomic E-state index is 12.0. The van der Waals surface area contributed by atoms with E-state index in [0.29, 0.717) is 30.7 Å². The van der Waals surface area contributed by atoms with Crippen molar-refractivity contribution in [3.63, 3.8) is 0 Å². The van der Waals surface area contributed by atoms with Gasteiger partial charge >= 0.3 is 0 Å². The molecule has 0 fully saturated rings. The molecule has 0 aromatic heterocycles. The maximum absolute atomic E-state index is 12.0. The zero-order chi connectivity index (χ0) is 17.5. The summed E-state index contributed by atoms with van der Waals surface area (Å²) in [5.41, 5.74) is 8.19. The molecule has 0 atom stereocenters. The summed E-state index contributed by atoms with van der Waals surface area (Å²) in [6, 6.07) is 12.8. The summed E-state index contributed by atoms with van der Waals surface area (Å²) in [7, 11) is 0. The average Bonchev–Trinajstić information content (AvgIpc) is 2.55. The van der Waals surface area contributed by atoms with Gasteiger partial charge in [-0.25, -0.2) is 0 Å². The lowest BCUT2D eigenvalue weighted by molar-refractivity contribution is -0.116. The van der Waals surface area contributed by atoms with Gasteiger partial charge in [-0.3, -0.25) is 9.59 Å². The van der Waals surface area contributed by atoms with Gasteiger partial charge in [0.2, 0.25) is 11.8 Å². The van der Waals surface area contributed by atoms with E-state index < -0.39 is 5.91 Å². The first kappa shape index (κ1) is 17.5. The molecule has 0 bridgehead atoms. The van der Waals surface area contributed by atoms with Crippen LogP contribution in [0.1, 0.15) is 34.3 Å². The molecular formula is C19H22N2O3. The molecule has 0 spiro atoms. The maximum Gasteiger partial charge on any atom is 0.248 e. The van der Waals surface area contributed by atoms with Crippen LogP contribution in [0.25, 0.3) is 0 Å². The molecule has 5 nitrogen and oxygen atoms in total. The lowest BCUT2D eigenvalue weighted by Crippen LogP contribution is -2.16. The van der Waals surface area contributed by atoms with Crippen LogP contribution in [0.2, 0.25) is 0 Å². The number of hydrogen-bond donors (Lipinski definition) is 2. The largest absolute Gasteiger partial charge is 0.493 e. The minimum absolute atomic E-state index is 0.117. The molecular weight excluding hydrogens is 304 g/mol. The molecule has 2 aromatic rings. The fourth-order valence-corrected chi connectivity index (χ4v) is 2.26. The van der Waals surface area contributed by atoms with Gasteiger partial charge in [-0.15, -0.1) is 0 Å². The highest BCUT2D eigenvalue weighted by molar-refractivity contribution is 5.96. The minimum atomic E-state index is -0.517. The average molecular weight is 326 g/mol. The number of para-hydroxylation sites is 1. The Kier molecular flexibility index (Phi) is 5.95. The number of ether oxygens (including phenoxy) is 1. The summed E-state index contributed by atoms with van der Waals surface area (Å²) in [5, 5.41) is 2.81. The zero-order valence-corrected chi connectivity index (χ0v) is 14.0. The van der Waals surface area contributed by atoms with Crippen LogP contribution in [0.15, 0.2) is 42.5 Å². The molecule has 0 saturated heterocycles. The van der Waals surface area contributed by atoms with E-state index in [1.54, 1.807) is 18.2 Å². The van der Waals surface area contributed by atoms with E-state index in [9.17, 15) is 9.59 Å². The molecule has 5 heteroatoms. The Labute approximate surface area is 141 Å². The predicted octanol–water partition coefficient (Wildman–Crippen LogP) is 3.20. The molecule has 0 aliphatic rings. The van der Waals surface area contributed by atoms with E-state index in [4.69, 9.17) is 10.5 Å². The van der Waals surface area contributed by atoms with Gasteiger partial charge in [0.1, 0.15) is 5.75 Å². The van der Waals surface area contributed by atoms with E-state index in [2.05, 4.69) is 5.32 Å².